The monoisotopic (exact) mass is 400 g/mol. The number of aromatic nitrogens is 3. The molecule has 4 aromatic rings. The van der Waals surface area contributed by atoms with Crippen LogP contribution in [0.4, 0.5) is 29.1 Å². The van der Waals surface area contributed by atoms with Gasteiger partial charge >= 0.3 is 6.36 Å². The van der Waals surface area contributed by atoms with E-state index in [-0.39, 0.29) is 28.6 Å². The van der Waals surface area contributed by atoms with Crippen molar-refractivity contribution in [2.24, 2.45) is 0 Å². The quantitative estimate of drug-likeness (QED) is 0.460. The third-order valence-corrected chi connectivity index (χ3v) is 3.93. The lowest BCUT2D eigenvalue weighted by atomic mass is 10.2. The van der Waals surface area contributed by atoms with Gasteiger partial charge in [-0.05, 0) is 36.4 Å². The molecule has 9 heteroatoms. The zero-order chi connectivity index (χ0) is 20.4. The van der Waals surface area contributed by atoms with Crippen molar-refractivity contribution < 1.29 is 22.3 Å². The van der Waals surface area contributed by atoms with Crippen LogP contribution in [0.3, 0.4) is 0 Å². The molecule has 0 aliphatic carbocycles. The van der Waals surface area contributed by atoms with Gasteiger partial charge in [-0.3, -0.25) is 4.98 Å². The van der Waals surface area contributed by atoms with E-state index in [1.807, 2.05) is 0 Å². The molecule has 1 N–H and O–H groups in total. The number of hydrogen-bond acceptors (Lipinski definition) is 5. The number of ether oxygens (including phenoxy) is 1. The van der Waals surface area contributed by atoms with E-state index in [0.717, 1.165) is 0 Å². The summed E-state index contributed by atoms with van der Waals surface area (Å²) in [5.41, 5.74) is 0.926. The van der Waals surface area contributed by atoms with Crippen LogP contribution in [0.1, 0.15) is 0 Å². The van der Waals surface area contributed by atoms with E-state index in [1.165, 1.54) is 36.5 Å². The maximum absolute atomic E-state index is 14.4. The first-order valence-corrected chi connectivity index (χ1v) is 8.38. The lowest BCUT2D eigenvalue weighted by Gasteiger charge is -2.13. The SMILES string of the molecule is Fc1cccc2c(Nc3cccc(OC(F)(F)F)c3)nc(-c3cccnc3)nc12. The van der Waals surface area contributed by atoms with Crippen LogP contribution in [-0.2, 0) is 0 Å². The molecule has 2 aromatic carbocycles. The molecular formula is C20H12F4N4O. The predicted molar refractivity (Wildman–Crippen MR) is 99.1 cm³/mol. The highest BCUT2D eigenvalue weighted by atomic mass is 19.4. The summed E-state index contributed by atoms with van der Waals surface area (Å²) in [6, 6.07) is 13.1. The van der Waals surface area contributed by atoms with Crippen molar-refractivity contribution in [1.29, 1.82) is 0 Å². The Kier molecular flexibility index (Phi) is 4.71. The first-order valence-electron chi connectivity index (χ1n) is 8.38. The van der Waals surface area contributed by atoms with Gasteiger partial charge in [-0.1, -0.05) is 12.1 Å². The Labute approximate surface area is 162 Å². The Morgan fingerprint density at radius 3 is 2.52 bits per heavy atom. The summed E-state index contributed by atoms with van der Waals surface area (Å²) in [6.45, 7) is 0. The first kappa shape index (κ1) is 18.6. The molecule has 0 saturated carbocycles. The van der Waals surface area contributed by atoms with Gasteiger partial charge in [0.25, 0.3) is 0 Å². The molecule has 2 aromatic heterocycles. The summed E-state index contributed by atoms with van der Waals surface area (Å²) in [5.74, 6) is -0.481. The number of anilines is 2. The van der Waals surface area contributed by atoms with Gasteiger partial charge < -0.3 is 10.1 Å². The lowest BCUT2D eigenvalue weighted by Crippen LogP contribution is -2.17. The lowest BCUT2D eigenvalue weighted by molar-refractivity contribution is -0.274. The van der Waals surface area contributed by atoms with Crippen molar-refractivity contribution in [1.82, 2.24) is 15.0 Å². The standard InChI is InChI=1S/C20H12F4N4O/c21-16-8-2-7-15-17(16)27-18(12-4-3-9-25-11-12)28-19(15)26-13-5-1-6-14(10-13)29-20(22,23)24/h1-11H,(H,26,27,28). The third-order valence-electron chi connectivity index (χ3n) is 3.93. The van der Waals surface area contributed by atoms with E-state index in [1.54, 1.807) is 30.5 Å². The normalized spacial score (nSPS) is 11.4. The molecule has 0 amide bonds. The highest BCUT2D eigenvalue weighted by Crippen LogP contribution is 2.30. The fourth-order valence-corrected chi connectivity index (χ4v) is 2.74. The smallest absolute Gasteiger partial charge is 0.406 e. The average Bonchev–Trinajstić information content (AvgIpc) is 2.68. The van der Waals surface area contributed by atoms with Crippen LogP contribution in [-0.4, -0.2) is 21.3 Å². The molecule has 0 fully saturated rings. The largest absolute Gasteiger partial charge is 0.573 e. The van der Waals surface area contributed by atoms with Gasteiger partial charge in [0.2, 0.25) is 0 Å². The number of fused-ring (bicyclic) bond motifs is 1. The molecule has 4 rings (SSSR count). The van der Waals surface area contributed by atoms with E-state index in [4.69, 9.17) is 0 Å². The fourth-order valence-electron chi connectivity index (χ4n) is 2.74. The highest BCUT2D eigenvalue weighted by Gasteiger charge is 2.31. The summed E-state index contributed by atoms with van der Waals surface area (Å²) < 4.78 is 55.8. The number of rotatable bonds is 4. The van der Waals surface area contributed by atoms with Crippen molar-refractivity contribution in [3.05, 3.63) is 72.8 Å². The zero-order valence-electron chi connectivity index (χ0n) is 14.6. The summed E-state index contributed by atoms with van der Waals surface area (Å²) in [4.78, 5) is 12.7. The van der Waals surface area contributed by atoms with Crippen LogP contribution < -0.4 is 10.1 Å². The maximum atomic E-state index is 14.4. The van der Waals surface area contributed by atoms with E-state index in [0.29, 0.717) is 10.9 Å². The van der Waals surface area contributed by atoms with Crippen LogP contribution >= 0.6 is 0 Å². The Hall–Kier alpha value is -3.75. The van der Waals surface area contributed by atoms with Gasteiger partial charge in [0.15, 0.2) is 5.82 Å². The second-order valence-corrected chi connectivity index (χ2v) is 5.97. The Morgan fingerprint density at radius 1 is 0.931 bits per heavy atom. The third kappa shape index (κ3) is 4.23. The van der Waals surface area contributed by atoms with Crippen LogP contribution in [0, 0.1) is 5.82 Å². The van der Waals surface area contributed by atoms with Crippen LogP contribution in [0.5, 0.6) is 5.75 Å². The number of hydrogen-bond donors (Lipinski definition) is 1. The number of halogens is 4. The number of benzene rings is 2. The molecule has 0 bridgehead atoms. The maximum Gasteiger partial charge on any atom is 0.573 e. The molecule has 0 atom stereocenters. The van der Waals surface area contributed by atoms with Gasteiger partial charge in [-0.15, -0.1) is 13.2 Å². The van der Waals surface area contributed by atoms with Crippen LogP contribution in [0.25, 0.3) is 22.3 Å². The molecule has 0 aliphatic rings. The van der Waals surface area contributed by atoms with Crippen molar-refractivity contribution in [2.45, 2.75) is 6.36 Å². The van der Waals surface area contributed by atoms with E-state index in [2.05, 4.69) is 25.0 Å². The summed E-state index contributed by atoms with van der Waals surface area (Å²) >= 11 is 0. The second kappa shape index (κ2) is 7.34. The van der Waals surface area contributed by atoms with E-state index in [9.17, 15) is 17.6 Å². The second-order valence-electron chi connectivity index (χ2n) is 5.97. The number of nitrogens with zero attached hydrogens (tertiary/aromatic N) is 3. The molecule has 0 aliphatic heterocycles. The van der Waals surface area contributed by atoms with Gasteiger partial charge in [0.05, 0.1) is 0 Å². The highest BCUT2D eigenvalue weighted by molar-refractivity contribution is 5.92. The Balaban J connectivity index is 1.79. The van der Waals surface area contributed by atoms with Crippen molar-refractivity contribution >= 4 is 22.4 Å². The zero-order valence-corrected chi connectivity index (χ0v) is 14.6. The molecule has 0 saturated heterocycles. The van der Waals surface area contributed by atoms with Crippen molar-refractivity contribution in [2.75, 3.05) is 5.32 Å². The van der Waals surface area contributed by atoms with E-state index < -0.39 is 12.2 Å². The summed E-state index contributed by atoms with van der Waals surface area (Å²) in [7, 11) is 0. The van der Waals surface area contributed by atoms with Gasteiger partial charge in [-0.25, -0.2) is 14.4 Å². The Bertz CT molecular complexity index is 1170. The molecular weight excluding hydrogens is 388 g/mol. The molecule has 5 nitrogen and oxygen atoms in total. The minimum Gasteiger partial charge on any atom is -0.406 e. The molecule has 2 heterocycles. The molecule has 146 valence electrons. The number of nitrogens with one attached hydrogen (secondary N) is 1. The number of alkyl halides is 3. The van der Waals surface area contributed by atoms with E-state index >= 15 is 0 Å². The predicted octanol–water partition coefficient (Wildman–Crippen LogP) is 5.47. The first-order chi connectivity index (χ1) is 13.9. The Morgan fingerprint density at radius 2 is 1.76 bits per heavy atom. The van der Waals surface area contributed by atoms with Crippen LogP contribution in [0.2, 0.25) is 0 Å². The summed E-state index contributed by atoms with van der Waals surface area (Å²) in [5, 5.41) is 3.30. The number of para-hydroxylation sites is 1. The fraction of sp³-hybridized carbons (Fsp3) is 0.0500. The minimum absolute atomic E-state index is 0.0755. The molecule has 29 heavy (non-hydrogen) atoms. The number of pyridine rings is 1. The summed E-state index contributed by atoms with van der Waals surface area (Å²) in [6.07, 6.45) is -1.70. The van der Waals surface area contributed by atoms with Crippen molar-refractivity contribution in [3.63, 3.8) is 0 Å². The van der Waals surface area contributed by atoms with Crippen molar-refractivity contribution in [3.8, 4) is 17.1 Å². The van der Waals surface area contributed by atoms with Crippen LogP contribution in [0.15, 0.2) is 67.0 Å². The molecule has 0 unspecified atom stereocenters. The molecule has 0 radical (unpaired) electrons. The van der Waals surface area contributed by atoms with Gasteiger partial charge in [-0.2, -0.15) is 0 Å². The minimum atomic E-state index is -4.81. The van der Waals surface area contributed by atoms with Gasteiger partial charge in [0.1, 0.15) is 22.9 Å². The topological polar surface area (TPSA) is 59.9 Å². The average molecular weight is 400 g/mol. The van der Waals surface area contributed by atoms with Gasteiger partial charge in [0, 0.05) is 35.1 Å². The molecule has 0 spiro atoms.